The van der Waals surface area contributed by atoms with Gasteiger partial charge in [0.05, 0.1) is 6.04 Å². The van der Waals surface area contributed by atoms with Crippen molar-refractivity contribution in [1.82, 2.24) is 29.6 Å². The summed E-state index contributed by atoms with van der Waals surface area (Å²) in [5, 5.41) is 7.62. The molecule has 0 unspecified atom stereocenters. The summed E-state index contributed by atoms with van der Waals surface area (Å²) in [7, 11) is 0. The Bertz CT molecular complexity index is 1570. The molecule has 184 valence electrons. The van der Waals surface area contributed by atoms with Crippen molar-refractivity contribution in [3.8, 4) is 5.82 Å². The molecule has 0 atom stereocenters. The van der Waals surface area contributed by atoms with Crippen molar-refractivity contribution < 1.29 is 0 Å². The van der Waals surface area contributed by atoms with Gasteiger partial charge in [0.15, 0.2) is 11.5 Å². The third-order valence-electron chi connectivity index (χ3n) is 7.73. The smallest absolute Gasteiger partial charge is 0.278 e. The second-order valence-electron chi connectivity index (χ2n) is 11.5. The zero-order valence-electron chi connectivity index (χ0n) is 21.0. The van der Waals surface area contributed by atoms with E-state index in [2.05, 4.69) is 54.6 Å². The first-order chi connectivity index (χ1) is 17.3. The van der Waals surface area contributed by atoms with E-state index in [1.165, 1.54) is 24.0 Å². The Hall–Kier alpha value is -3.52. The van der Waals surface area contributed by atoms with Gasteiger partial charge in [-0.3, -0.25) is 4.79 Å². The largest absolute Gasteiger partial charge is 0.324 e. The van der Waals surface area contributed by atoms with Crippen molar-refractivity contribution in [2.75, 3.05) is 11.9 Å². The minimum absolute atomic E-state index is 0.0578. The molecule has 0 saturated heterocycles. The van der Waals surface area contributed by atoms with Crippen molar-refractivity contribution >= 4 is 22.7 Å². The fourth-order valence-corrected chi connectivity index (χ4v) is 5.44. The first-order valence-corrected chi connectivity index (χ1v) is 13.0. The van der Waals surface area contributed by atoms with Crippen LogP contribution in [0.3, 0.4) is 0 Å². The number of benzene rings is 1. The van der Waals surface area contributed by atoms with Crippen LogP contribution in [0.4, 0.5) is 11.6 Å². The number of nitrogens with zero attached hydrogens (tertiary/aromatic N) is 5. The van der Waals surface area contributed by atoms with Gasteiger partial charge in [-0.05, 0) is 67.5 Å². The molecule has 4 heterocycles. The summed E-state index contributed by atoms with van der Waals surface area (Å²) in [6.45, 7) is 7.47. The molecule has 7 rings (SSSR count). The third-order valence-corrected chi connectivity index (χ3v) is 7.73. The van der Waals surface area contributed by atoms with Crippen LogP contribution in [0.15, 0.2) is 47.4 Å². The Balaban J connectivity index is 1.33. The lowest BCUT2D eigenvalue weighted by Crippen LogP contribution is -2.36. The highest BCUT2D eigenvalue weighted by molar-refractivity contribution is 5.77. The van der Waals surface area contributed by atoms with Crippen molar-refractivity contribution in [2.45, 2.75) is 69.9 Å². The predicted octanol–water partition coefficient (Wildman–Crippen LogP) is 4.49. The van der Waals surface area contributed by atoms with Crippen LogP contribution in [0.1, 0.15) is 69.3 Å². The quantitative estimate of drug-likeness (QED) is 0.447. The lowest BCUT2D eigenvalue weighted by molar-refractivity contribution is 0.490. The summed E-state index contributed by atoms with van der Waals surface area (Å²) in [5.41, 5.74) is 5.33. The van der Waals surface area contributed by atoms with Gasteiger partial charge in [-0.2, -0.15) is 4.98 Å². The molecule has 2 fully saturated rings. The van der Waals surface area contributed by atoms with E-state index in [4.69, 9.17) is 9.97 Å². The number of rotatable bonds is 4. The average Bonchev–Trinajstić information content (AvgIpc) is 3.79. The Kier molecular flexibility index (Phi) is 4.52. The van der Waals surface area contributed by atoms with E-state index in [1.54, 1.807) is 6.20 Å². The molecule has 3 aromatic heterocycles. The highest BCUT2D eigenvalue weighted by Crippen LogP contribution is 2.49. The summed E-state index contributed by atoms with van der Waals surface area (Å²) in [6.07, 6.45) is 7.05. The van der Waals surface area contributed by atoms with Crippen molar-refractivity contribution in [3.05, 3.63) is 69.8 Å². The fraction of sp³-hybridized carbons (Fsp3) is 0.429. The van der Waals surface area contributed by atoms with Gasteiger partial charge in [-0.1, -0.05) is 32.9 Å². The molecule has 8 nitrogen and oxygen atoms in total. The van der Waals surface area contributed by atoms with Gasteiger partial charge in [-0.15, -0.1) is 0 Å². The number of fused-ring (bicyclic) bond motifs is 3. The minimum Gasteiger partial charge on any atom is -0.324 e. The number of anilines is 2. The maximum Gasteiger partial charge on any atom is 0.278 e. The van der Waals surface area contributed by atoms with Gasteiger partial charge in [0.1, 0.15) is 5.39 Å². The zero-order valence-corrected chi connectivity index (χ0v) is 21.0. The van der Waals surface area contributed by atoms with E-state index in [0.29, 0.717) is 22.8 Å². The van der Waals surface area contributed by atoms with Crippen molar-refractivity contribution in [1.29, 1.82) is 0 Å². The van der Waals surface area contributed by atoms with E-state index < -0.39 is 0 Å². The topological polar surface area (TPSA) is 89.7 Å². The maximum absolute atomic E-state index is 13.4. The van der Waals surface area contributed by atoms with Crippen LogP contribution in [0.2, 0.25) is 0 Å². The van der Waals surface area contributed by atoms with E-state index in [9.17, 15) is 4.79 Å². The first-order valence-electron chi connectivity index (χ1n) is 13.0. The summed E-state index contributed by atoms with van der Waals surface area (Å²) in [4.78, 5) is 27.7. The Labute approximate surface area is 209 Å². The Morgan fingerprint density at radius 2 is 1.94 bits per heavy atom. The molecule has 2 aliphatic carbocycles. The number of hydrogen-bond donors (Lipinski definition) is 2. The van der Waals surface area contributed by atoms with E-state index in [1.807, 2.05) is 27.6 Å². The SMILES string of the molecule is CC(C)(C)c1cccc(-n2c3nc(Nc4ccc5c(c4)C4(CC4)NCC5)ncc3c(=O)n2C2CC2)n1. The lowest BCUT2D eigenvalue weighted by Gasteiger charge is -2.27. The molecule has 0 amide bonds. The number of aromatic nitrogens is 5. The van der Waals surface area contributed by atoms with E-state index in [-0.39, 0.29) is 22.6 Å². The number of nitrogens with one attached hydrogen (secondary N) is 2. The van der Waals surface area contributed by atoms with Crippen LogP contribution < -0.4 is 16.2 Å². The standard InChI is InChI=1S/C28H31N7O/c1-27(2,3)22-5-4-6-23(32-22)35-24-20(25(36)34(35)19-9-10-19)16-29-26(33-24)31-18-8-7-17-11-14-30-28(12-13-28)21(17)15-18/h4-8,15-16,19,30H,9-14H2,1-3H3,(H,29,31,33). The average molecular weight is 482 g/mol. The molecular formula is C28H31N7O. The molecule has 1 spiro atoms. The zero-order chi connectivity index (χ0) is 24.7. The van der Waals surface area contributed by atoms with Crippen LogP contribution in [0, 0.1) is 0 Å². The minimum atomic E-state index is -0.106. The monoisotopic (exact) mass is 481 g/mol. The lowest BCUT2D eigenvalue weighted by atomic mass is 9.92. The summed E-state index contributed by atoms with van der Waals surface area (Å²) < 4.78 is 3.71. The second kappa shape index (κ2) is 7.49. The number of pyridine rings is 1. The summed E-state index contributed by atoms with van der Waals surface area (Å²) in [5.74, 6) is 1.19. The van der Waals surface area contributed by atoms with Gasteiger partial charge in [0.25, 0.3) is 5.56 Å². The van der Waals surface area contributed by atoms with Crippen LogP contribution >= 0.6 is 0 Å². The maximum atomic E-state index is 13.4. The summed E-state index contributed by atoms with van der Waals surface area (Å²) >= 11 is 0. The molecule has 3 aliphatic rings. The molecule has 8 heteroatoms. The molecule has 1 aliphatic heterocycles. The first kappa shape index (κ1) is 21.7. The number of hydrogen-bond acceptors (Lipinski definition) is 6. The Morgan fingerprint density at radius 3 is 2.69 bits per heavy atom. The van der Waals surface area contributed by atoms with Crippen LogP contribution in [-0.4, -0.2) is 30.9 Å². The van der Waals surface area contributed by atoms with Gasteiger partial charge >= 0.3 is 0 Å². The second-order valence-corrected chi connectivity index (χ2v) is 11.5. The molecular weight excluding hydrogens is 450 g/mol. The predicted molar refractivity (Wildman–Crippen MR) is 140 cm³/mol. The van der Waals surface area contributed by atoms with Gasteiger partial charge in [0, 0.05) is 35.1 Å². The molecule has 4 aromatic rings. The highest BCUT2D eigenvalue weighted by atomic mass is 16.1. The molecule has 0 radical (unpaired) electrons. The molecule has 36 heavy (non-hydrogen) atoms. The molecule has 0 bridgehead atoms. The van der Waals surface area contributed by atoms with Crippen LogP contribution in [0.25, 0.3) is 16.9 Å². The van der Waals surface area contributed by atoms with E-state index in [0.717, 1.165) is 37.2 Å². The van der Waals surface area contributed by atoms with Gasteiger partial charge in [0.2, 0.25) is 5.95 Å². The third kappa shape index (κ3) is 3.46. The molecule has 2 N–H and O–H groups in total. The van der Waals surface area contributed by atoms with Crippen LogP contribution in [0.5, 0.6) is 0 Å². The summed E-state index contributed by atoms with van der Waals surface area (Å²) in [6, 6.07) is 12.7. The van der Waals surface area contributed by atoms with Crippen molar-refractivity contribution in [3.63, 3.8) is 0 Å². The van der Waals surface area contributed by atoms with Crippen molar-refractivity contribution in [2.24, 2.45) is 0 Å². The Morgan fingerprint density at radius 1 is 1.11 bits per heavy atom. The highest BCUT2D eigenvalue weighted by Gasteiger charge is 2.46. The fourth-order valence-electron chi connectivity index (χ4n) is 5.44. The van der Waals surface area contributed by atoms with Gasteiger partial charge in [-0.25, -0.2) is 19.3 Å². The normalized spacial score (nSPS) is 18.4. The molecule has 2 saturated carbocycles. The van der Waals surface area contributed by atoms with E-state index >= 15 is 0 Å². The van der Waals surface area contributed by atoms with Crippen LogP contribution in [-0.2, 0) is 17.4 Å². The van der Waals surface area contributed by atoms with Gasteiger partial charge < -0.3 is 10.6 Å². The molecule has 1 aromatic carbocycles.